The summed E-state index contributed by atoms with van der Waals surface area (Å²) in [4.78, 5) is 11.4. The first-order valence-corrected chi connectivity index (χ1v) is 6.70. The second-order valence-electron chi connectivity index (χ2n) is 4.44. The van der Waals surface area contributed by atoms with Crippen molar-refractivity contribution >= 4 is 17.7 Å². The second kappa shape index (κ2) is 4.91. The van der Waals surface area contributed by atoms with Crippen molar-refractivity contribution in [3.8, 4) is 0 Å². The summed E-state index contributed by atoms with van der Waals surface area (Å²) in [6.07, 6.45) is 0.842. The summed E-state index contributed by atoms with van der Waals surface area (Å²) in [6, 6.07) is 8.61. The van der Waals surface area contributed by atoms with Crippen molar-refractivity contribution in [3.05, 3.63) is 35.4 Å². The van der Waals surface area contributed by atoms with E-state index in [0.29, 0.717) is 5.92 Å². The van der Waals surface area contributed by atoms with Crippen molar-refractivity contribution < 1.29 is 4.79 Å². The molecule has 1 atom stereocenters. The third kappa shape index (κ3) is 2.59. The first-order valence-electron chi connectivity index (χ1n) is 5.65. The summed E-state index contributed by atoms with van der Waals surface area (Å²) in [6.45, 7) is 4.38. The highest BCUT2D eigenvalue weighted by Gasteiger charge is 2.24. The lowest BCUT2D eigenvalue weighted by Crippen LogP contribution is -2.23. The van der Waals surface area contributed by atoms with Gasteiger partial charge < -0.3 is 5.32 Å². The van der Waals surface area contributed by atoms with E-state index in [1.54, 1.807) is 11.8 Å². The number of thioether (sulfide) groups is 1. The second-order valence-corrected chi connectivity index (χ2v) is 5.63. The molecule has 2 rings (SSSR count). The van der Waals surface area contributed by atoms with Crippen LogP contribution in [0.1, 0.15) is 30.9 Å². The Morgan fingerprint density at radius 2 is 2.06 bits per heavy atom. The van der Waals surface area contributed by atoms with E-state index in [1.165, 1.54) is 11.1 Å². The van der Waals surface area contributed by atoms with Gasteiger partial charge in [-0.05, 0) is 23.5 Å². The first-order chi connectivity index (χ1) is 7.66. The van der Waals surface area contributed by atoms with Crippen LogP contribution in [-0.2, 0) is 11.2 Å². The van der Waals surface area contributed by atoms with Crippen LogP contribution in [0.3, 0.4) is 0 Å². The van der Waals surface area contributed by atoms with Gasteiger partial charge in [0.2, 0.25) is 5.91 Å². The normalized spacial score (nSPS) is 20.2. The van der Waals surface area contributed by atoms with Crippen molar-refractivity contribution in [3.63, 3.8) is 0 Å². The van der Waals surface area contributed by atoms with E-state index in [4.69, 9.17) is 0 Å². The molecule has 0 spiro atoms. The highest BCUT2D eigenvalue weighted by molar-refractivity contribution is 8.01. The molecule has 1 fully saturated rings. The Hall–Kier alpha value is -0.960. The van der Waals surface area contributed by atoms with Gasteiger partial charge >= 0.3 is 0 Å². The predicted molar refractivity (Wildman–Crippen MR) is 68.6 cm³/mol. The van der Waals surface area contributed by atoms with Gasteiger partial charge in [-0.25, -0.2) is 0 Å². The topological polar surface area (TPSA) is 29.1 Å². The van der Waals surface area contributed by atoms with Gasteiger partial charge in [0.15, 0.2) is 0 Å². The van der Waals surface area contributed by atoms with Crippen LogP contribution in [0, 0.1) is 0 Å². The molecule has 0 aliphatic carbocycles. The summed E-state index contributed by atoms with van der Waals surface area (Å²) in [7, 11) is 0. The minimum absolute atomic E-state index is 0.102. The largest absolute Gasteiger partial charge is 0.346 e. The molecule has 0 radical (unpaired) electrons. The van der Waals surface area contributed by atoms with E-state index in [-0.39, 0.29) is 11.2 Å². The number of carbonyl (C=O) groups excluding carboxylic acids is 1. The molecular weight excluding hydrogens is 218 g/mol. The van der Waals surface area contributed by atoms with Gasteiger partial charge in [0.1, 0.15) is 0 Å². The Morgan fingerprint density at radius 1 is 1.38 bits per heavy atom. The van der Waals surface area contributed by atoms with Gasteiger partial charge in [-0.1, -0.05) is 38.1 Å². The number of rotatable bonds is 3. The van der Waals surface area contributed by atoms with Crippen molar-refractivity contribution in [2.75, 3.05) is 5.88 Å². The van der Waals surface area contributed by atoms with Crippen LogP contribution in [0.4, 0.5) is 0 Å². The molecule has 1 aliphatic rings. The SMILES string of the molecule is CC(C)c1ccc(CC2SCNC2=O)cc1. The quantitative estimate of drug-likeness (QED) is 0.872. The fraction of sp³-hybridized carbons (Fsp3) is 0.462. The molecule has 3 heteroatoms. The van der Waals surface area contributed by atoms with E-state index in [0.717, 1.165) is 12.3 Å². The summed E-state index contributed by atoms with van der Waals surface area (Å²) in [5, 5.41) is 2.95. The molecule has 1 heterocycles. The maximum atomic E-state index is 11.4. The van der Waals surface area contributed by atoms with E-state index in [2.05, 4.69) is 43.4 Å². The molecule has 1 N–H and O–H groups in total. The van der Waals surface area contributed by atoms with E-state index < -0.39 is 0 Å². The third-order valence-electron chi connectivity index (χ3n) is 2.89. The van der Waals surface area contributed by atoms with Gasteiger partial charge in [-0.2, -0.15) is 0 Å². The minimum Gasteiger partial charge on any atom is -0.346 e. The molecule has 1 saturated heterocycles. The summed E-state index contributed by atoms with van der Waals surface area (Å²) in [5.74, 6) is 1.50. The van der Waals surface area contributed by atoms with Gasteiger partial charge in [-0.3, -0.25) is 4.79 Å². The molecule has 1 aromatic carbocycles. The molecule has 1 unspecified atom stereocenters. The number of hydrogen-bond acceptors (Lipinski definition) is 2. The van der Waals surface area contributed by atoms with Crippen LogP contribution in [0.15, 0.2) is 24.3 Å². The maximum Gasteiger partial charge on any atom is 0.234 e. The molecular formula is C13H17NOS. The molecule has 1 aromatic rings. The van der Waals surface area contributed by atoms with E-state index in [1.807, 2.05) is 0 Å². The molecule has 2 nitrogen and oxygen atoms in total. The predicted octanol–water partition coefficient (Wildman–Crippen LogP) is 2.54. The zero-order valence-corrected chi connectivity index (χ0v) is 10.5. The highest BCUT2D eigenvalue weighted by atomic mass is 32.2. The molecule has 1 aliphatic heterocycles. The standard InChI is InChI=1S/C13H17NOS/c1-9(2)11-5-3-10(4-6-11)7-12-13(15)14-8-16-12/h3-6,9,12H,7-8H2,1-2H3,(H,14,15). The van der Waals surface area contributed by atoms with Crippen molar-refractivity contribution in [1.82, 2.24) is 5.32 Å². The molecule has 86 valence electrons. The summed E-state index contributed by atoms with van der Waals surface area (Å²) in [5.41, 5.74) is 2.60. The van der Waals surface area contributed by atoms with Gasteiger partial charge in [-0.15, -0.1) is 11.8 Å². The lowest BCUT2D eigenvalue weighted by Gasteiger charge is -2.09. The van der Waals surface area contributed by atoms with Crippen LogP contribution in [-0.4, -0.2) is 17.0 Å². The van der Waals surface area contributed by atoms with Gasteiger partial charge in [0.25, 0.3) is 0 Å². The van der Waals surface area contributed by atoms with Crippen molar-refractivity contribution in [2.45, 2.75) is 31.4 Å². The average molecular weight is 235 g/mol. The van der Waals surface area contributed by atoms with Crippen LogP contribution in [0.25, 0.3) is 0 Å². The number of benzene rings is 1. The fourth-order valence-electron chi connectivity index (χ4n) is 1.81. The monoisotopic (exact) mass is 235 g/mol. The third-order valence-corrected chi connectivity index (χ3v) is 3.98. The number of nitrogens with one attached hydrogen (secondary N) is 1. The molecule has 0 bridgehead atoms. The Kier molecular flexibility index (Phi) is 3.54. The molecule has 0 aromatic heterocycles. The summed E-state index contributed by atoms with van der Waals surface area (Å²) < 4.78 is 0. The van der Waals surface area contributed by atoms with Gasteiger partial charge in [0.05, 0.1) is 11.1 Å². The number of hydrogen-bond donors (Lipinski definition) is 1. The molecule has 16 heavy (non-hydrogen) atoms. The first kappa shape index (κ1) is 11.5. The van der Waals surface area contributed by atoms with Crippen molar-refractivity contribution in [1.29, 1.82) is 0 Å². The fourth-order valence-corrected chi connectivity index (χ4v) is 2.78. The highest BCUT2D eigenvalue weighted by Crippen LogP contribution is 2.22. The smallest absolute Gasteiger partial charge is 0.234 e. The van der Waals surface area contributed by atoms with Crippen molar-refractivity contribution in [2.24, 2.45) is 0 Å². The summed E-state index contributed by atoms with van der Waals surface area (Å²) >= 11 is 1.70. The number of amides is 1. The zero-order valence-electron chi connectivity index (χ0n) is 9.69. The lowest BCUT2D eigenvalue weighted by atomic mass is 10.0. The van der Waals surface area contributed by atoms with Crippen LogP contribution < -0.4 is 5.32 Å². The van der Waals surface area contributed by atoms with Crippen LogP contribution >= 0.6 is 11.8 Å². The Balaban J connectivity index is 2.02. The molecule has 1 amide bonds. The zero-order chi connectivity index (χ0) is 11.5. The number of carbonyl (C=O) groups is 1. The van der Waals surface area contributed by atoms with Crippen LogP contribution in [0.2, 0.25) is 0 Å². The van der Waals surface area contributed by atoms with Gasteiger partial charge in [0, 0.05) is 0 Å². The average Bonchev–Trinajstić information content (AvgIpc) is 2.65. The lowest BCUT2D eigenvalue weighted by molar-refractivity contribution is -0.119. The van der Waals surface area contributed by atoms with E-state index in [9.17, 15) is 4.79 Å². The minimum atomic E-state index is 0.102. The molecule has 0 saturated carbocycles. The van der Waals surface area contributed by atoms with Crippen LogP contribution in [0.5, 0.6) is 0 Å². The Bertz CT molecular complexity index is 372. The van der Waals surface area contributed by atoms with E-state index >= 15 is 0 Å². The maximum absolute atomic E-state index is 11.4. The Labute approximate surface area is 101 Å². The Morgan fingerprint density at radius 3 is 2.56 bits per heavy atom.